The van der Waals surface area contributed by atoms with Gasteiger partial charge in [0.25, 0.3) is 0 Å². The largest absolute Gasteiger partial charge is 0.338 e. The third kappa shape index (κ3) is 2.82. The van der Waals surface area contributed by atoms with Crippen molar-refractivity contribution in [2.24, 2.45) is 0 Å². The summed E-state index contributed by atoms with van der Waals surface area (Å²) >= 11 is 3.53. The second-order valence-corrected chi connectivity index (χ2v) is 7.60. The maximum absolute atomic E-state index is 13.1. The minimum Gasteiger partial charge on any atom is -0.338 e. The van der Waals surface area contributed by atoms with E-state index in [2.05, 4.69) is 58.4 Å². The fourth-order valence-corrected chi connectivity index (χ4v) is 4.01. The van der Waals surface area contributed by atoms with Crippen LogP contribution in [-0.4, -0.2) is 23.9 Å². The summed E-state index contributed by atoms with van der Waals surface area (Å²) in [6.07, 6.45) is 5.08. The lowest BCUT2D eigenvalue weighted by atomic mass is 9.92. The molecule has 0 unspecified atom stereocenters. The summed E-state index contributed by atoms with van der Waals surface area (Å²) in [5, 5.41) is 0. The lowest BCUT2D eigenvalue weighted by Gasteiger charge is -2.30. The predicted octanol–water partition coefficient (Wildman–Crippen LogP) is 4.80. The molecule has 122 valence electrons. The summed E-state index contributed by atoms with van der Waals surface area (Å²) in [7, 11) is 0. The Kier molecular flexibility index (Phi) is 4.05. The highest BCUT2D eigenvalue weighted by Gasteiger charge is 2.53. The highest BCUT2D eigenvalue weighted by molar-refractivity contribution is 9.10. The van der Waals surface area contributed by atoms with Gasteiger partial charge in [0.05, 0.1) is 5.41 Å². The van der Waals surface area contributed by atoms with Crippen LogP contribution in [0.25, 0.3) is 5.57 Å². The number of nitrogens with zero attached hydrogens (tertiary/aromatic N) is 1. The molecule has 3 heteroatoms. The third-order valence-electron chi connectivity index (χ3n) is 5.18. The fraction of sp³-hybridized carbons (Fsp3) is 0.286. The smallest absolute Gasteiger partial charge is 0.233 e. The number of benzene rings is 2. The van der Waals surface area contributed by atoms with Crippen LogP contribution >= 0.6 is 15.9 Å². The molecule has 0 radical (unpaired) electrons. The number of amides is 1. The average molecular weight is 382 g/mol. The van der Waals surface area contributed by atoms with E-state index in [4.69, 9.17) is 0 Å². The minimum absolute atomic E-state index is 0.276. The Morgan fingerprint density at radius 3 is 2.46 bits per heavy atom. The molecule has 1 heterocycles. The minimum atomic E-state index is -0.276. The lowest BCUT2D eigenvalue weighted by molar-refractivity contribution is -0.133. The molecule has 2 aromatic carbocycles. The van der Waals surface area contributed by atoms with Crippen molar-refractivity contribution in [2.75, 3.05) is 13.1 Å². The Balaban J connectivity index is 1.52. The van der Waals surface area contributed by atoms with Gasteiger partial charge >= 0.3 is 0 Å². The molecule has 0 bridgehead atoms. The van der Waals surface area contributed by atoms with E-state index < -0.39 is 0 Å². The zero-order valence-corrected chi connectivity index (χ0v) is 15.1. The van der Waals surface area contributed by atoms with Gasteiger partial charge < -0.3 is 4.90 Å². The number of halogens is 1. The second-order valence-electron chi connectivity index (χ2n) is 6.69. The fourth-order valence-electron chi connectivity index (χ4n) is 3.61. The van der Waals surface area contributed by atoms with E-state index in [0.29, 0.717) is 5.91 Å². The standard InChI is InChI=1S/C21H20BrNO/c22-19-8-4-7-18(15-19)21(11-12-21)20(24)23-13-9-17(10-14-23)16-5-2-1-3-6-16/h1-9,15H,10-14H2. The van der Waals surface area contributed by atoms with E-state index in [-0.39, 0.29) is 5.41 Å². The third-order valence-corrected chi connectivity index (χ3v) is 5.67. The molecule has 2 nitrogen and oxygen atoms in total. The van der Waals surface area contributed by atoms with Crippen molar-refractivity contribution < 1.29 is 4.79 Å². The summed E-state index contributed by atoms with van der Waals surface area (Å²) < 4.78 is 1.05. The first-order valence-electron chi connectivity index (χ1n) is 8.49. The molecule has 24 heavy (non-hydrogen) atoms. The van der Waals surface area contributed by atoms with E-state index in [1.165, 1.54) is 11.1 Å². The molecule has 0 aromatic heterocycles. The molecule has 1 aliphatic heterocycles. The molecule has 1 fully saturated rings. The van der Waals surface area contributed by atoms with Crippen molar-refractivity contribution in [1.29, 1.82) is 0 Å². The van der Waals surface area contributed by atoms with Crippen molar-refractivity contribution in [3.8, 4) is 0 Å². The van der Waals surface area contributed by atoms with Gasteiger partial charge in [-0.25, -0.2) is 0 Å². The van der Waals surface area contributed by atoms with Gasteiger partial charge in [0, 0.05) is 17.6 Å². The van der Waals surface area contributed by atoms with Crippen LogP contribution in [0, 0.1) is 0 Å². The van der Waals surface area contributed by atoms with Crippen molar-refractivity contribution in [3.63, 3.8) is 0 Å². The molecule has 1 amide bonds. The Bertz CT molecular complexity index is 792. The van der Waals surface area contributed by atoms with Crippen LogP contribution in [0.2, 0.25) is 0 Å². The van der Waals surface area contributed by atoms with Crippen LogP contribution in [0.4, 0.5) is 0 Å². The highest BCUT2D eigenvalue weighted by atomic mass is 79.9. The second kappa shape index (κ2) is 6.21. The topological polar surface area (TPSA) is 20.3 Å². The van der Waals surface area contributed by atoms with Crippen molar-refractivity contribution in [3.05, 3.63) is 76.3 Å². The summed E-state index contributed by atoms with van der Waals surface area (Å²) in [5.74, 6) is 0.295. The monoisotopic (exact) mass is 381 g/mol. The van der Waals surface area contributed by atoms with Gasteiger partial charge in [-0.3, -0.25) is 4.79 Å². The molecule has 2 aliphatic rings. The van der Waals surface area contributed by atoms with Crippen LogP contribution in [0.1, 0.15) is 30.4 Å². The number of rotatable bonds is 3. The summed E-state index contributed by atoms with van der Waals surface area (Å²) in [6, 6.07) is 18.7. The first-order chi connectivity index (χ1) is 11.7. The molecule has 0 N–H and O–H groups in total. The Morgan fingerprint density at radius 1 is 1.04 bits per heavy atom. The van der Waals surface area contributed by atoms with Crippen LogP contribution in [0.15, 0.2) is 65.1 Å². The number of hydrogen-bond donors (Lipinski definition) is 0. The van der Waals surface area contributed by atoms with Crippen molar-refractivity contribution in [2.45, 2.75) is 24.7 Å². The van der Waals surface area contributed by atoms with Crippen LogP contribution in [0.5, 0.6) is 0 Å². The van der Waals surface area contributed by atoms with E-state index in [9.17, 15) is 4.79 Å². The van der Waals surface area contributed by atoms with E-state index in [0.717, 1.165) is 42.4 Å². The van der Waals surface area contributed by atoms with E-state index >= 15 is 0 Å². The predicted molar refractivity (Wildman–Crippen MR) is 101 cm³/mol. The molecule has 4 rings (SSSR count). The van der Waals surface area contributed by atoms with E-state index in [1.54, 1.807) is 0 Å². The zero-order chi connectivity index (χ0) is 16.6. The zero-order valence-electron chi connectivity index (χ0n) is 13.5. The Morgan fingerprint density at radius 2 is 1.83 bits per heavy atom. The number of carbonyl (C=O) groups is 1. The summed E-state index contributed by atoms with van der Waals surface area (Å²) in [6.45, 7) is 1.54. The summed E-state index contributed by atoms with van der Waals surface area (Å²) in [4.78, 5) is 15.1. The quantitative estimate of drug-likeness (QED) is 0.747. The van der Waals surface area contributed by atoms with Gasteiger partial charge in [-0.15, -0.1) is 0 Å². The average Bonchev–Trinajstić information content (AvgIpc) is 3.44. The molecular formula is C21H20BrNO. The molecule has 0 saturated heterocycles. The van der Waals surface area contributed by atoms with Crippen LogP contribution in [0.3, 0.4) is 0 Å². The molecule has 0 atom stereocenters. The first kappa shape index (κ1) is 15.6. The van der Waals surface area contributed by atoms with Gasteiger partial charge in [-0.2, -0.15) is 0 Å². The molecule has 0 spiro atoms. The van der Waals surface area contributed by atoms with Gasteiger partial charge in [0.2, 0.25) is 5.91 Å². The molecule has 1 saturated carbocycles. The highest BCUT2D eigenvalue weighted by Crippen LogP contribution is 2.50. The van der Waals surface area contributed by atoms with Crippen LogP contribution < -0.4 is 0 Å². The molecule has 2 aromatic rings. The van der Waals surface area contributed by atoms with Crippen LogP contribution in [-0.2, 0) is 10.2 Å². The van der Waals surface area contributed by atoms with Gasteiger partial charge in [0.1, 0.15) is 0 Å². The lowest BCUT2D eigenvalue weighted by Crippen LogP contribution is -2.41. The maximum atomic E-state index is 13.1. The number of hydrogen-bond acceptors (Lipinski definition) is 1. The van der Waals surface area contributed by atoms with Gasteiger partial charge in [-0.05, 0) is 48.1 Å². The Labute approximate surface area is 151 Å². The van der Waals surface area contributed by atoms with Gasteiger partial charge in [0.15, 0.2) is 0 Å². The normalized spacial score (nSPS) is 18.9. The number of carbonyl (C=O) groups excluding carboxylic acids is 1. The summed E-state index contributed by atoms with van der Waals surface area (Å²) in [5.41, 5.74) is 3.51. The SMILES string of the molecule is O=C(N1CC=C(c2ccccc2)CC1)C1(c2cccc(Br)c2)CC1. The van der Waals surface area contributed by atoms with Crippen molar-refractivity contribution in [1.82, 2.24) is 4.90 Å². The molecular weight excluding hydrogens is 362 g/mol. The molecule has 1 aliphatic carbocycles. The van der Waals surface area contributed by atoms with Crippen molar-refractivity contribution >= 4 is 27.4 Å². The van der Waals surface area contributed by atoms with E-state index in [1.807, 2.05) is 23.1 Å². The van der Waals surface area contributed by atoms with Gasteiger partial charge in [-0.1, -0.05) is 64.5 Å². The first-order valence-corrected chi connectivity index (χ1v) is 9.28. The maximum Gasteiger partial charge on any atom is 0.233 e. The Hall–Kier alpha value is -1.87.